The first-order valence-electron chi connectivity index (χ1n) is 6.30. The third kappa shape index (κ3) is 1.88. The van der Waals surface area contributed by atoms with E-state index in [1.165, 1.54) is 11.1 Å². The van der Waals surface area contributed by atoms with E-state index in [9.17, 15) is 4.79 Å². The second-order valence-corrected chi connectivity index (χ2v) is 4.74. The van der Waals surface area contributed by atoms with Gasteiger partial charge in [0.25, 0.3) is 0 Å². The Morgan fingerprint density at radius 3 is 3.22 bits per heavy atom. The second-order valence-electron chi connectivity index (χ2n) is 4.74. The molecule has 0 aromatic heterocycles. The van der Waals surface area contributed by atoms with Gasteiger partial charge in [0.2, 0.25) is 5.91 Å². The molecule has 0 radical (unpaired) electrons. The Bertz CT molecular complexity index is 510. The normalized spacial score (nSPS) is 24.1. The number of hydrogen-bond acceptors (Lipinski definition) is 3. The maximum Gasteiger partial charge on any atom is 0.223 e. The summed E-state index contributed by atoms with van der Waals surface area (Å²) in [7, 11) is 1.67. The number of carbonyl (C=O) groups is 1. The van der Waals surface area contributed by atoms with Crippen LogP contribution in [0.25, 0.3) is 6.08 Å². The Labute approximate surface area is 106 Å². The topological polar surface area (TPSA) is 53.2 Å². The van der Waals surface area contributed by atoms with Crippen LogP contribution in [0.15, 0.2) is 24.3 Å². The molecule has 2 atom stereocenters. The number of rotatable bonds is 2. The number of amides is 1. The maximum atomic E-state index is 11.5. The van der Waals surface area contributed by atoms with Crippen molar-refractivity contribution in [2.24, 2.45) is 0 Å². The van der Waals surface area contributed by atoms with Crippen LogP contribution in [0.4, 0.5) is 5.69 Å². The van der Waals surface area contributed by atoms with Crippen molar-refractivity contribution in [3.8, 4) is 0 Å². The van der Waals surface area contributed by atoms with E-state index in [1.54, 1.807) is 7.05 Å². The van der Waals surface area contributed by atoms with Gasteiger partial charge in [-0.2, -0.15) is 0 Å². The van der Waals surface area contributed by atoms with E-state index in [2.05, 4.69) is 46.3 Å². The summed E-state index contributed by atoms with van der Waals surface area (Å²) in [5.41, 5.74) is 3.74. The molecule has 0 bridgehead atoms. The molecular weight excluding hydrogens is 226 g/mol. The van der Waals surface area contributed by atoms with Crippen LogP contribution in [0.5, 0.6) is 0 Å². The van der Waals surface area contributed by atoms with Crippen LogP contribution in [0.2, 0.25) is 0 Å². The van der Waals surface area contributed by atoms with Crippen LogP contribution >= 0.6 is 0 Å². The van der Waals surface area contributed by atoms with Crippen LogP contribution < -0.4 is 16.0 Å². The molecule has 0 fully saturated rings. The minimum atomic E-state index is 0.00389. The minimum absolute atomic E-state index is 0.00389. The molecule has 1 heterocycles. The van der Waals surface area contributed by atoms with Crippen LogP contribution in [0.1, 0.15) is 30.0 Å². The molecule has 3 N–H and O–H groups in total. The molecule has 4 heteroatoms. The van der Waals surface area contributed by atoms with E-state index in [4.69, 9.17) is 0 Å². The van der Waals surface area contributed by atoms with Gasteiger partial charge in [0, 0.05) is 18.8 Å². The first-order chi connectivity index (χ1) is 8.78. The van der Waals surface area contributed by atoms with E-state index in [0.717, 1.165) is 12.1 Å². The molecule has 1 aliphatic heterocycles. The summed E-state index contributed by atoms with van der Waals surface area (Å²) in [4.78, 5) is 11.5. The molecule has 1 aromatic rings. The summed E-state index contributed by atoms with van der Waals surface area (Å²) in [5, 5.41) is 9.55. The summed E-state index contributed by atoms with van der Waals surface area (Å²) in [5.74, 6) is 0.0472. The number of anilines is 1. The molecule has 0 saturated heterocycles. The van der Waals surface area contributed by atoms with E-state index in [0.29, 0.717) is 12.5 Å². The van der Waals surface area contributed by atoms with E-state index < -0.39 is 0 Å². The average Bonchev–Trinajstić information content (AvgIpc) is 2.39. The first-order valence-corrected chi connectivity index (χ1v) is 6.30. The van der Waals surface area contributed by atoms with Crippen molar-refractivity contribution in [2.45, 2.75) is 25.0 Å². The molecule has 94 valence electrons. The van der Waals surface area contributed by atoms with E-state index >= 15 is 0 Å². The lowest BCUT2D eigenvalue weighted by Crippen LogP contribution is -2.46. The Balaban J connectivity index is 1.88. The Morgan fingerprint density at radius 1 is 1.50 bits per heavy atom. The number of hydrogen-bond donors (Lipinski definition) is 3. The summed E-state index contributed by atoms with van der Waals surface area (Å²) in [6.45, 7) is 0. The van der Waals surface area contributed by atoms with Gasteiger partial charge in [-0.05, 0) is 23.6 Å². The van der Waals surface area contributed by atoms with Gasteiger partial charge in [0.1, 0.15) is 0 Å². The van der Waals surface area contributed by atoms with Gasteiger partial charge in [-0.3, -0.25) is 10.1 Å². The second kappa shape index (κ2) is 4.46. The minimum Gasteiger partial charge on any atom is -0.369 e. The third-order valence-corrected chi connectivity index (χ3v) is 3.56. The van der Waals surface area contributed by atoms with Crippen LogP contribution in [0, 0.1) is 0 Å². The molecule has 18 heavy (non-hydrogen) atoms. The van der Waals surface area contributed by atoms with Crippen molar-refractivity contribution in [1.29, 1.82) is 0 Å². The van der Waals surface area contributed by atoms with Crippen molar-refractivity contribution < 1.29 is 4.79 Å². The molecule has 1 amide bonds. The fourth-order valence-corrected chi connectivity index (χ4v) is 2.71. The highest BCUT2D eigenvalue weighted by Gasteiger charge is 2.28. The lowest BCUT2D eigenvalue weighted by atomic mass is 9.89. The zero-order valence-electron chi connectivity index (χ0n) is 10.4. The van der Waals surface area contributed by atoms with Crippen molar-refractivity contribution in [3.63, 3.8) is 0 Å². The molecule has 0 spiro atoms. The zero-order valence-corrected chi connectivity index (χ0v) is 10.4. The molecule has 2 unspecified atom stereocenters. The van der Waals surface area contributed by atoms with Crippen LogP contribution in [0.3, 0.4) is 0 Å². The van der Waals surface area contributed by atoms with Gasteiger partial charge in [0.05, 0.1) is 12.6 Å². The van der Waals surface area contributed by atoms with Crippen molar-refractivity contribution in [2.75, 3.05) is 12.4 Å². The highest BCUT2D eigenvalue weighted by molar-refractivity contribution is 5.77. The maximum absolute atomic E-state index is 11.5. The largest absolute Gasteiger partial charge is 0.369 e. The molecule has 3 rings (SSSR count). The predicted octanol–water partition coefficient (Wildman–Crippen LogP) is 1.62. The monoisotopic (exact) mass is 243 g/mol. The number of benzene rings is 1. The van der Waals surface area contributed by atoms with Crippen molar-refractivity contribution in [1.82, 2.24) is 10.6 Å². The Morgan fingerprint density at radius 2 is 2.39 bits per heavy atom. The molecular formula is C14H17N3O. The smallest absolute Gasteiger partial charge is 0.223 e. The van der Waals surface area contributed by atoms with Gasteiger partial charge in [-0.15, -0.1) is 0 Å². The quantitative estimate of drug-likeness (QED) is 0.740. The fourth-order valence-electron chi connectivity index (χ4n) is 2.71. The lowest BCUT2D eigenvalue weighted by Gasteiger charge is -2.36. The number of carbonyl (C=O) groups excluding carboxylic acids is 1. The number of nitrogens with one attached hydrogen (secondary N) is 3. The third-order valence-electron chi connectivity index (χ3n) is 3.56. The van der Waals surface area contributed by atoms with Crippen LogP contribution in [-0.2, 0) is 4.79 Å². The van der Waals surface area contributed by atoms with Gasteiger partial charge >= 0.3 is 0 Å². The summed E-state index contributed by atoms with van der Waals surface area (Å²) in [6, 6.07) is 6.58. The molecule has 1 aliphatic carbocycles. The van der Waals surface area contributed by atoms with Gasteiger partial charge in [-0.1, -0.05) is 24.3 Å². The standard InChI is InChI=1S/C14H17N3O/c1-15-13(18)8-12-16-10-6-2-4-9-5-3-7-11(17-12)14(9)10/h2-6,11-12,16-17H,7-8H2,1H3,(H,15,18). The summed E-state index contributed by atoms with van der Waals surface area (Å²) >= 11 is 0. The highest BCUT2D eigenvalue weighted by atomic mass is 16.1. The zero-order chi connectivity index (χ0) is 12.5. The summed E-state index contributed by atoms with van der Waals surface area (Å²) < 4.78 is 0. The average molecular weight is 243 g/mol. The van der Waals surface area contributed by atoms with Crippen molar-refractivity contribution >= 4 is 17.7 Å². The molecule has 0 saturated carbocycles. The van der Waals surface area contributed by atoms with Crippen LogP contribution in [-0.4, -0.2) is 19.1 Å². The fraction of sp³-hybridized carbons (Fsp3) is 0.357. The predicted molar refractivity (Wildman–Crippen MR) is 72.1 cm³/mol. The van der Waals surface area contributed by atoms with E-state index in [1.807, 2.05) is 0 Å². The summed E-state index contributed by atoms with van der Waals surface area (Å²) in [6.07, 6.45) is 5.78. The molecule has 4 nitrogen and oxygen atoms in total. The molecule has 2 aliphatic rings. The van der Waals surface area contributed by atoms with Gasteiger partial charge in [-0.25, -0.2) is 0 Å². The first kappa shape index (κ1) is 11.3. The highest BCUT2D eigenvalue weighted by Crippen LogP contribution is 2.37. The SMILES string of the molecule is CNC(=O)CC1Nc2cccc3c2C(CC=C3)N1. The van der Waals surface area contributed by atoms with E-state index in [-0.39, 0.29) is 12.1 Å². The Kier molecular flexibility index (Phi) is 2.80. The Hall–Kier alpha value is -1.81. The van der Waals surface area contributed by atoms with Crippen molar-refractivity contribution in [3.05, 3.63) is 35.4 Å². The molecule has 1 aromatic carbocycles. The van der Waals surface area contributed by atoms with Gasteiger partial charge in [0.15, 0.2) is 0 Å². The lowest BCUT2D eigenvalue weighted by molar-refractivity contribution is -0.121. The van der Waals surface area contributed by atoms with Gasteiger partial charge < -0.3 is 10.6 Å².